The number of benzene rings is 1. The summed E-state index contributed by atoms with van der Waals surface area (Å²) in [5.41, 5.74) is 1.14. The van der Waals surface area contributed by atoms with Crippen molar-refractivity contribution in [3.63, 3.8) is 0 Å². The smallest absolute Gasteiger partial charge is 0.374 e. The molecule has 0 aliphatic heterocycles. The Morgan fingerprint density at radius 3 is 2.61 bits per heavy atom. The predicted molar refractivity (Wildman–Crippen MR) is 73.3 cm³/mol. The lowest BCUT2D eigenvalue weighted by atomic mass is 9.96. The summed E-state index contributed by atoms with van der Waals surface area (Å²) in [4.78, 5) is 22.7. The van der Waals surface area contributed by atoms with E-state index in [1.54, 1.807) is 6.92 Å². The number of carbonyl (C=O) groups is 2. The minimum atomic E-state index is -0.725. The Kier molecular flexibility index (Phi) is 6.05. The van der Waals surface area contributed by atoms with E-state index in [9.17, 15) is 9.59 Å². The molecule has 0 amide bonds. The molecular formula is C14H17BrO3. The monoisotopic (exact) mass is 312 g/mol. The van der Waals surface area contributed by atoms with E-state index in [-0.39, 0.29) is 18.9 Å². The summed E-state index contributed by atoms with van der Waals surface area (Å²) in [6, 6.07) is 7.88. The second-order valence-corrected chi connectivity index (χ2v) is 5.10. The van der Waals surface area contributed by atoms with Gasteiger partial charge in [0, 0.05) is 10.9 Å². The number of rotatable bonds is 6. The summed E-state index contributed by atoms with van der Waals surface area (Å²) in [5.74, 6) is -1.06. The Bertz CT molecular complexity index is 429. The van der Waals surface area contributed by atoms with Gasteiger partial charge in [-0.1, -0.05) is 41.1 Å². The number of Topliss-reactive ketones (excluding diaryl/α,β-unsaturated/α-hetero) is 1. The highest BCUT2D eigenvalue weighted by molar-refractivity contribution is 9.10. The molecule has 0 spiro atoms. The maximum Gasteiger partial charge on any atom is 0.374 e. The van der Waals surface area contributed by atoms with Gasteiger partial charge in [-0.05, 0) is 30.9 Å². The average molecular weight is 313 g/mol. The Morgan fingerprint density at radius 1 is 1.33 bits per heavy atom. The van der Waals surface area contributed by atoms with Crippen molar-refractivity contribution in [2.24, 2.45) is 5.92 Å². The van der Waals surface area contributed by atoms with Crippen LogP contribution < -0.4 is 0 Å². The SMILES string of the molecule is CCOC(=O)C(=O)CC(C)Cc1ccccc1Br. The van der Waals surface area contributed by atoms with Crippen LogP contribution in [0, 0.1) is 5.92 Å². The van der Waals surface area contributed by atoms with E-state index in [1.807, 2.05) is 31.2 Å². The number of ketones is 1. The van der Waals surface area contributed by atoms with Crippen LogP contribution in [0.1, 0.15) is 25.8 Å². The van der Waals surface area contributed by atoms with Gasteiger partial charge in [-0.2, -0.15) is 0 Å². The quantitative estimate of drug-likeness (QED) is 0.598. The molecule has 1 aromatic rings. The second kappa shape index (κ2) is 7.31. The normalized spacial score (nSPS) is 11.9. The van der Waals surface area contributed by atoms with E-state index in [0.29, 0.717) is 0 Å². The molecule has 98 valence electrons. The molecule has 4 heteroatoms. The van der Waals surface area contributed by atoms with Crippen LogP contribution in [0.4, 0.5) is 0 Å². The Morgan fingerprint density at radius 2 is 2.00 bits per heavy atom. The van der Waals surface area contributed by atoms with Crippen LogP contribution in [0.3, 0.4) is 0 Å². The second-order valence-electron chi connectivity index (χ2n) is 4.25. The number of carbonyl (C=O) groups excluding carboxylic acids is 2. The summed E-state index contributed by atoms with van der Waals surface area (Å²) < 4.78 is 5.71. The molecule has 0 radical (unpaired) electrons. The van der Waals surface area contributed by atoms with Gasteiger partial charge in [-0.3, -0.25) is 4.79 Å². The molecule has 0 heterocycles. The zero-order chi connectivity index (χ0) is 13.5. The number of hydrogen-bond donors (Lipinski definition) is 0. The molecule has 18 heavy (non-hydrogen) atoms. The first-order chi connectivity index (χ1) is 8.54. The number of hydrogen-bond acceptors (Lipinski definition) is 3. The molecule has 1 aromatic carbocycles. The van der Waals surface area contributed by atoms with Crippen molar-refractivity contribution in [1.82, 2.24) is 0 Å². The molecule has 3 nitrogen and oxygen atoms in total. The molecule has 1 unspecified atom stereocenters. The molecule has 0 aromatic heterocycles. The fourth-order valence-electron chi connectivity index (χ4n) is 1.72. The standard InChI is InChI=1S/C14H17BrO3/c1-3-18-14(17)13(16)9-10(2)8-11-6-4-5-7-12(11)15/h4-7,10H,3,8-9H2,1-2H3. The van der Waals surface area contributed by atoms with Crippen molar-refractivity contribution in [1.29, 1.82) is 0 Å². The van der Waals surface area contributed by atoms with E-state index in [1.165, 1.54) is 0 Å². The zero-order valence-electron chi connectivity index (χ0n) is 10.6. The van der Waals surface area contributed by atoms with Gasteiger partial charge in [0.15, 0.2) is 0 Å². The van der Waals surface area contributed by atoms with Crippen molar-refractivity contribution >= 4 is 27.7 Å². The highest BCUT2D eigenvalue weighted by Gasteiger charge is 2.18. The summed E-state index contributed by atoms with van der Waals surface area (Å²) in [6.07, 6.45) is 0.979. The highest BCUT2D eigenvalue weighted by atomic mass is 79.9. The van der Waals surface area contributed by atoms with E-state index in [0.717, 1.165) is 16.5 Å². The van der Waals surface area contributed by atoms with Crippen LogP contribution in [0.25, 0.3) is 0 Å². The first kappa shape index (κ1) is 14.9. The third-order valence-corrected chi connectivity index (χ3v) is 3.34. The molecule has 0 aliphatic carbocycles. The topological polar surface area (TPSA) is 43.4 Å². The molecule has 0 saturated heterocycles. The van der Waals surface area contributed by atoms with Crippen molar-refractivity contribution in [2.45, 2.75) is 26.7 Å². The fraction of sp³-hybridized carbons (Fsp3) is 0.429. The average Bonchev–Trinajstić information content (AvgIpc) is 2.32. The lowest BCUT2D eigenvalue weighted by molar-refractivity contribution is -0.153. The predicted octanol–water partition coefficient (Wildman–Crippen LogP) is 3.15. The van der Waals surface area contributed by atoms with E-state index < -0.39 is 11.8 Å². The summed E-state index contributed by atoms with van der Waals surface area (Å²) in [6.45, 7) is 3.88. The lowest BCUT2D eigenvalue weighted by Gasteiger charge is -2.11. The minimum Gasteiger partial charge on any atom is -0.460 e. The van der Waals surface area contributed by atoms with E-state index in [2.05, 4.69) is 20.7 Å². The van der Waals surface area contributed by atoms with Crippen LogP contribution in [0.2, 0.25) is 0 Å². The minimum absolute atomic E-state index is 0.112. The van der Waals surface area contributed by atoms with Crippen LogP contribution in [0.5, 0.6) is 0 Å². The molecule has 0 fully saturated rings. The van der Waals surface area contributed by atoms with Gasteiger partial charge >= 0.3 is 5.97 Å². The third kappa shape index (κ3) is 4.61. The highest BCUT2D eigenvalue weighted by Crippen LogP contribution is 2.20. The number of ether oxygens (including phenoxy) is 1. The zero-order valence-corrected chi connectivity index (χ0v) is 12.2. The summed E-state index contributed by atoms with van der Waals surface area (Å²) in [5, 5.41) is 0. The van der Waals surface area contributed by atoms with Crippen molar-refractivity contribution in [3.8, 4) is 0 Å². The van der Waals surface area contributed by atoms with Crippen molar-refractivity contribution in [3.05, 3.63) is 34.3 Å². The number of esters is 1. The van der Waals surface area contributed by atoms with Crippen molar-refractivity contribution in [2.75, 3.05) is 6.61 Å². The third-order valence-electron chi connectivity index (χ3n) is 2.56. The van der Waals surface area contributed by atoms with Crippen LogP contribution >= 0.6 is 15.9 Å². The Labute approximate surface area is 116 Å². The van der Waals surface area contributed by atoms with Crippen molar-refractivity contribution < 1.29 is 14.3 Å². The van der Waals surface area contributed by atoms with Gasteiger partial charge in [-0.25, -0.2) is 4.79 Å². The molecular weight excluding hydrogens is 296 g/mol. The van der Waals surface area contributed by atoms with Crippen LogP contribution in [0.15, 0.2) is 28.7 Å². The van der Waals surface area contributed by atoms with Crippen LogP contribution in [-0.4, -0.2) is 18.4 Å². The molecule has 0 aliphatic rings. The van der Waals surface area contributed by atoms with E-state index in [4.69, 9.17) is 0 Å². The lowest BCUT2D eigenvalue weighted by Crippen LogP contribution is -2.20. The molecule has 0 bridgehead atoms. The summed E-state index contributed by atoms with van der Waals surface area (Å²) in [7, 11) is 0. The molecule has 0 saturated carbocycles. The first-order valence-electron chi connectivity index (χ1n) is 5.98. The largest absolute Gasteiger partial charge is 0.460 e. The summed E-state index contributed by atoms with van der Waals surface area (Å²) >= 11 is 3.47. The van der Waals surface area contributed by atoms with E-state index >= 15 is 0 Å². The fourth-order valence-corrected chi connectivity index (χ4v) is 2.17. The maximum atomic E-state index is 11.5. The molecule has 1 rings (SSSR count). The van der Waals surface area contributed by atoms with Gasteiger partial charge < -0.3 is 4.74 Å². The Hall–Kier alpha value is -1.16. The maximum absolute atomic E-state index is 11.5. The first-order valence-corrected chi connectivity index (χ1v) is 6.77. The van der Waals surface area contributed by atoms with Gasteiger partial charge in [-0.15, -0.1) is 0 Å². The molecule has 1 atom stereocenters. The van der Waals surface area contributed by atoms with Crippen LogP contribution in [-0.2, 0) is 20.7 Å². The number of halogens is 1. The van der Waals surface area contributed by atoms with Gasteiger partial charge in [0.05, 0.1) is 6.61 Å². The molecule has 0 N–H and O–H groups in total. The van der Waals surface area contributed by atoms with Gasteiger partial charge in [0.2, 0.25) is 5.78 Å². The van der Waals surface area contributed by atoms with Gasteiger partial charge in [0.1, 0.15) is 0 Å². The Balaban J connectivity index is 2.52. The van der Waals surface area contributed by atoms with Gasteiger partial charge in [0.25, 0.3) is 0 Å².